The number of benzene rings is 1. The van der Waals surface area contributed by atoms with Crippen LogP contribution in [0.2, 0.25) is 0 Å². The minimum atomic E-state index is -0.380. The molecule has 0 heterocycles. The summed E-state index contributed by atoms with van der Waals surface area (Å²) in [5.74, 6) is 0.757. The molecule has 0 aliphatic carbocycles. The molecular weight excluding hydrogens is 232 g/mol. The van der Waals surface area contributed by atoms with E-state index in [-0.39, 0.29) is 5.24 Å². The van der Waals surface area contributed by atoms with Crippen LogP contribution in [0.25, 0.3) is 0 Å². The molecule has 1 aromatic carbocycles. The van der Waals surface area contributed by atoms with E-state index in [0.29, 0.717) is 5.56 Å². The van der Waals surface area contributed by atoms with Crippen molar-refractivity contribution in [3.63, 3.8) is 0 Å². The summed E-state index contributed by atoms with van der Waals surface area (Å²) in [6.45, 7) is 4.48. The Labute approximate surface area is 109 Å². The smallest absolute Gasteiger partial charge is 0.252 e. The average molecular weight is 253 g/mol. The lowest BCUT2D eigenvalue weighted by Crippen LogP contribution is -2.03. The summed E-state index contributed by atoms with van der Waals surface area (Å²) in [5.41, 5.74) is 1.88. The van der Waals surface area contributed by atoms with E-state index in [1.807, 2.05) is 24.3 Å². The number of hydrogen-bond acceptors (Lipinski definition) is 1. The van der Waals surface area contributed by atoms with Crippen LogP contribution < -0.4 is 0 Å². The summed E-state index contributed by atoms with van der Waals surface area (Å²) in [7, 11) is 0. The number of carbonyl (C=O) groups excluding carboxylic acids is 1. The maximum Gasteiger partial charge on any atom is 0.252 e. The molecule has 0 N–H and O–H groups in total. The van der Waals surface area contributed by atoms with Gasteiger partial charge in [-0.2, -0.15) is 0 Å². The van der Waals surface area contributed by atoms with Crippen molar-refractivity contribution in [3.05, 3.63) is 35.4 Å². The van der Waals surface area contributed by atoms with Crippen LogP contribution in [0.3, 0.4) is 0 Å². The molecular formula is C15H21ClO. The Balaban J connectivity index is 2.57. The number of carbonyl (C=O) groups is 1. The minimum absolute atomic E-state index is 0.380. The van der Waals surface area contributed by atoms with Gasteiger partial charge in [-0.1, -0.05) is 51.7 Å². The molecule has 0 aliphatic rings. The van der Waals surface area contributed by atoms with Gasteiger partial charge in [-0.05, 0) is 41.6 Å². The van der Waals surface area contributed by atoms with Gasteiger partial charge in [-0.25, -0.2) is 0 Å². The van der Waals surface area contributed by atoms with Gasteiger partial charge in [-0.15, -0.1) is 0 Å². The number of unbranched alkanes of at least 4 members (excludes halogenated alkanes) is 1. The first-order valence-electron chi connectivity index (χ1n) is 6.46. The quantitative estimate of drug-likeness (QED) is 0.636. The molecule has 0 aliphatic heterocycles. The zero-order chi connectivity index (χ0) is 12.7. The van der Waals surface area contributed by atoms with Gasteiger partial charge in [0.05, 0.1) is 0 Å². The summed E-state index contributed by atoms with van der Waals surface area (Å²) in [6, 6.07) is 7.67. The lowest BCUT2D eigenvalue weighted by Gasteiger charge is -2.14. The molecule has 0 radical (unpaired) electrons. The third-order valence-electron chi connectivity index (χ3n) is 3.25. The van der Waals surface area contributed by atoms with Gasteiger partial charge >= 0.3 is 0 Å². The normalized spacial score (nSPS) is 12.4. The fourth-order valence-electron chi connectivity index (χ4n) is 2.05. The molecule has 94 valence electrons. The van der Waals surface area contributed by atoms with Gasteiger partial charge in [0.1, 0.15) is 0 Å². The summed E-state index contributed by atoms with van der Waals surface area (Å²) >= 11 is 5.42. The fourth-order valence-corrected chi connectivity index (χ4v) is 2.17. The van der Waals surface area contributed by atoms with Gasteiger partial charge in [0.2, 0.25) is 0 Å². The molecule has 1 nitrogen and oxygen atoms in total. The molecule has 0 spiro atoms. The third kappa shape index (κ3) is 4.91. The minimum Gasteiger partial charge on any atom is -0.276 e. The summed E-state index contributed by atoms with van der Waals surface area (Å²) < 4.78 is 0. The predicted molar refractivity (Wildman–Crippen MR) is 73.6 cm³/mol. The Morgan fingerprint density at radius 3 is 2.35 bits per heavy atom. The van der Waals surface area contributed by atoms with Crippen LogP contribution in [-0.2, 0) is 6.42 Å². The van der Waals surface area contributed by atoms with Crippen LogP contribution in [0, 0.1) is 5.92 Å². The average Bonchev–Trinajstić information content (AvgIpc) is 2.35. The van der Waals surface area contributed by atoms with Crippen molar-refractivity contribution in [2.45, 2.75) is 46.0 Å². The second-order valence-corrected chi connectivity index (χ2v) is 4.93. The summed E-state index contributed by atoms with van der Waals surface area (Å²) in [5, 5.41) is -0.380. The van der Waals surface area contributed by atoms with Gasteiger partial charge in [-0.3, -0.25) is 4.79 Å². The molecule has 17 heavy (non-hydrogen) atoms. The predicted octanol–water partition coefficient (Wildman–Crippen LogP) is 4.82. The lowest BCUT2D eigenvalue weighted by atomic mass is 9.92. The topological polar surface area (TPSA) is 17.1 Å². The second kappa shape index (κ2) is 7.50. The molecule has 0 saturated carbocycles. The van der Waals surface area contributed by atoms with Crippen LogP contribution in [-0.4, -0.2) is 5.24 Å². The number of halogens is 1. The summed E-state index contributed by atoms with van der Waals surface area (Å²) in [4.78, 5) is 10.9. The van der Waals surface area contributed by atoms with Crippen molar-refractivity contribution < 1.29 is 4.79 Å². The van der Waals surface area contributed by atoms with Crippen molar-refractivity contribution in [2.75, 3.05) is 0 Å². The number of rotatable bonds is 7. The maximum atomic E-state index is 10.9. The first-order chi connectivity index (χ1) is 8.17. The van der Waals surface area contributed by atoms with E-state index >= 15 is 0 Å². The van der Waals surface area contributed by atoms with Crippen molar-refractivity contribution >= 4 is 16.8 Å². The fraction of sp³-hybridized carbons (Fsp3) is 0.533. The van der Waals surface area contributed by atoms with E-state index < -0.39 is 0 Å². The van der Waals surface area contributed by atoms with Gasteiger partial charge < -0.3 is 0 Å². The monoisotopic (exact) mass is 252 g/mol. The Morgan fingerprint density at radius 2 is 1.88 bits per heavy atom. The molecule has 2 heteroatoms. The van der Waals surface area contributed by atoms with Crippen molar-refractivity contribution in [2.24, 2.45) is 5.92 Å². The van der Waals surface area contributed by atoms with Crippen LogP contribution in [0.1, 0.15) is 55.5 Å². The molecule has 0 bridgehead atoms. The molecule has 0 saturated heterocycles. The molecule has 1 aromatic rings. The van der Waals surface area contributed by atoms with Crippen LogP contribution in [0.15, 0.2) is 24.3 Å². The largest absolute Gasteiger partial charge is 0.276 e. The molecule has 0 amide bonds. The zero-order valence-electron chi connectivity index (χ0n) is 10.7. The van der Waals surface area contributed by atoms with Crippen LogP contribution in [0.5, 0.6) is 0 Å². The van der Waals surface area contributed by atoms with Crippen molar-refractivity contribution in [3.8, 4) is 0 Å². The SMILES string of the molecule is CCCCC(CC)Cc1ccc(C(=O)Cl)cc1. The highest BCUT2D eigenvalue weighted by atomic mass is 35.5. The molecule has 0 fully saturated rings. The molecule has 1 unspecified atom stereocenters. The first kappa shape index (κ1) is 14.2. The molecule has 0 aromatic heterocycles. The van der Waals surface area contributed by atoms with Gasteiger partial charge in [0, 0.05) is 5.56 Å². The third-order valence-corrected chi connectivity index (χ3v) is 3.47. The Morgan fingerprint density at radius 1 is 1.24 bits per heavy atom. The highest BCUT2D eigenvalue weighted by molar-refractivity contribution is 6.67. The highest BCUT2D eigenvalue weighted by Gasteiger charge is 2.08. The van der Waals surface area contributed by atoms with Crippen molar-refractivity contribution in [1.29, 1.82) is 0 Å². The Bertz CT molecular complexity index is 342. The molecule has 1 atom stereocenters. The number of hydrogen-bond donors (Lipinski definition) is 0. The van der Waals surface area contributed by atoms with Crippen LogP contribution in [0.4, 0.5) is 0 Å². The van der Waals surface area contributed by atoms with E-state index in [1.165, 1.54) is 31.2 Å². The van der Waals surface area contributed by atoms with Gasteiger partial charge in [0.15, 0.2) is 0 Å². The second-order valence-electron chi connectivity index (χ2n) is 4.59. The maximum absolute atomic E-state index is 10.9. The lowest BCUT2D eigenvalue weighted by molar-refractivity contribution is 0.108. The highest BCUT2D eigenvalue weighted by Crippen LogP contribution is 2.19. The van der Waals surface area contributed by atoms with E-state index in [0.717, 1.165) is 12.3 Å². The zero-order valence-corrected chi connectivity index (χ0v) is 11.5. The molecule has 1 rings (SSSR count). The van der Waals surface area contributed by atoms with E-state index in [1.54, 1.807) is 0 Å². The Kier molecular flexibility index (Phi) is 6.28. The van der Waals surface area contributed by atoms with Crippen LogP contribution >= 0.6 is 11.6 Å². The van der Waals surface area contributed by atoms with E-state index in [2.05, 4.69) is 13.8 Å². The Hall–Kier alpha value is -0.820. The summed E-state index contributed by atoms with van der Waals surface area (Å²) in [6.07, 6.45) is 6.18. The van der Waals surface area contributed by atoms with Crippen molar-refractivity contribution in [1.82, 2.24) is 0 Å². The van der Waals surface area contributed by atoms with E-state index in [4.69, 9.17) is 11.6 Å². The standard InChI is InChI=1S/C15H21ClO/c1-3-5-6-12(4-2)11-13-7-9-14(10-8-13)15(16)17/h7-10,12H,3-6,11H2,1-2H3. The van der Waals surface area contributed by atoms with E-state index in [9.17, 15) is 4.79 Å². The van der Waals surface area contributed by atoms with Gasteiger partial charge in [0.25, 0.3) is 5.24 Å². The first-order valence-corrected chi connectivity index (χ1v) is 6.83.